The number of carbonyl (C=O) groups is 1. The van der Waals surface area contributed by atoms with E-state index in [2.05, 4.69) is 10.2 Å². The third-order valence-corrected chi connectivity index (χ3v) is 7.75. The molecule has 1 aliphatic heterocycles. The molecule has 0 aromatic heterocycles. The highest BCUT2D eigenvalue weighted by atomic mass is 32.2. The van der Waals surface area contributed by atoms with E-state index < -0.39 is 10.0 Å². The Bertz CT molecular complexity index is 1060. The van der Waals surface area contributed by atoms with Gasteiger partial charge in [0.15, 0.2) is 5.78 Å². The number of carbonyl (C=O) groups excluding carboxylic acids is 1. The van der Waals surface area contributed by atoms with E-state index in [0.717, 1.165) is 11.3 Å². The van der Waals surface area contributed by atoms with Crippen molar-refractivity contribution in [2.75, 3.05) is 47.4 Å². The molecule has 0 aliphatic carbocycles. The number of hydrogen-bond donors (Lipinski definition) is 1. The number of ether oxygens (including phenoxy) is 2. The largest absolute Gasteiger partial charge is 0.497 e. The number of hydrogen-bond acceptors (Lipinski definition) is 7. The van der Waals surface area contributed by atoms with Crippen molar-refractivity contribution in [2.24, 2.45) is 0 Å². The molecule has 8 nitrogen and oxygen atoms in total. The van der Waals surface area contributed by atoms with Crippen LogP contribution < -0.4 is 10.1 Å². The minimum atomic E-state index is -3.71. The number of morpholine rings is 1. The van der Waals surface area contributed by atoms with Crippen molar-refractivity contribution in [3.8, 4) is 5.75 Å². The molecule has 2 aromatic carbocycles. The van der Waals surface area contributed by atoms with Crippen LogP contribution in [-0.2, 0) is 14.8 Å². The maximum Gasteiger partial charge on any atom is 0.243 e. The molecule has 2 aromatic rings. The van der Waals surface area contributed by atoms with Crippen molar-refractivity contribution < 1.29 is 22.7 Å². The molecule has 1 N–H and O–H groups in total. The summed E-state index contributed by atoms with van der Waals surface area (Å²) in [7, 11) is 1.90. The van der Waals surface area contributed by atoms with E-state index in [1.165, 1.54) is 16.4 Å². The summed E-state index contributed by atoms with van der Waals surface area (Å²) in [6, 6.07) is 14.2. The summed E-state index contributed by atoms with van der Waals surface area (Å²) in [4.78, 5) is 15.1. The number of rotatable bonds is 10. The summed E-state index contributed by atoms with van der Waals surface area (Å²) in [5, 5.41) is 3.23. The number of methoxy groups -OCH3 is 1. The van der Waals surface area contributed by atoms with Crippen LogP contribution in [0.25, 0.3) is 0 Å². The molecule has 0 bridgehead atoms. The van der Waals surface area contributed by atoms with Gasteiger partial charge < -0.3 is 19.7 Å². The second-order valence-corrected chi connectivity index (χ2v) is 10.9. The van der Waals surface area contributed by atoms with Crippen LogP contribution in [-0.4, -0.2) is 83.0 Å². The first-order chi connectivity index (χ1) is 16.1. The highest BCUT2D eigenvalue weighted by Crippen LogP contribution is 2.23. The molecule has 1 saturated heterocycles. The van der Waals surface area contributed by atoms with Crippen molar-refractivity contribution in [3.63, 3.8) is 0 Å². The Balaban J connectivity index is 1.65. The molecule has 0 amide bonds. The predicted molar refractivity (Wildman–Crippen MR) is 132 cm³/mol. The van der Waals surface area contributed by atoms with Gasteiger partial charge in [-0.1, -0.05) is 24.3 Å². The predicted octanol–water partition coefficient (Wildman–Crippen LogP) is 2.57. The van der Waals surface area contributed by atoms with Crippen molar-refractivity contribution in [1.82, 2.24) is 14.5 Å². The zero-order chi connectivity index (χ0) is 24.9. The van der Waals surface area contributed by atoms with E-state index in [1.807, 2.05) is 52.2 Å². The molecule has 3 atom stereocenters. The summed E-state index contributed by atoms with van der Waals surface area (Å²) in [5.74, 6) is 0.633. The van der Waals surface area contributed by atoms with Crippen LogP contribution in [0.15, 0.2) is 53.4 Å². The van der Waals surface area contributed by atoms with Gasteiger partial charge in [0.1, 0.15) is 5.75 Å². The molecule has 3 rings (SSSR count). The fourth-order valence-corrected chi connectivity index (χ4v) is 5.79. The summed E-state index contributed by atoms with van der Waals surface area (Å²) >= 11 is 0. The lowest BCUT2D eigenvalue weighted by Crippen LogP contribution is -2.48. The van der Waals surface area contributed by atoms with Gasteiger partial charge in [0.2, 0.25) is 10.0 Å². The number of likely N-dealkylation sites (N-methyl/N-ethyl adjacent to an activating group) is 1. The summed E-state index contributed by atoms with van der Waals surface area (Å²) < 4.78 is 38.6. The Labute approximate surface area is 202 Å². The average molecular weight is 490 g/mol. The van der Waals surface area contributed by atoms with Crippen LogP contribution in [0.2, 0.25) is 0 Å². The highest BCUT2D eigenvalue weighted by molar-refractivity contribution is 7.89. The lowest BCUT2D eigenvalue weighted by Gasteiger charge is -2.34. The quantitative estimate of drug-likeness (QED) is 0.513. The normalized spacial score (nSPS) is 20.3. The summed E-state index contributed by atoms with van der Waals surface area (Å²) in [5.41, 5.74) is 1.47. The van der Waals surface area contributed by atoms with Gasteiger partial charge in [-0.2, -0.15) is 4.31 Å². The van der Waals surface area contributed by atoms with Crippen molar-refractivity contribution >= 4 is 15.8 Å². The van der Waals surface area contributed by atoms with Gasteiger partial charge >= 0.3 is 0 Å². The molecule has 0 saturated carbocycles. The van der Waals surface area contributed by atoms with E-state index in [1.54, 1.807) is 19.2 Å². The topological polar surface area (TPSA) is 88.2 Å². The van der Waals surface area contributed by atoms with Gasteiger partial charge in [0, 0.05) is 31.2 Å². The monoisotopic (exact) mass is 489 g/mol. The van der Waals surface area contributed by atoms with E-state index in [4.69, 9.17) is 9.47 Å². The lowest BCUT2D eigenvalue weighted by molar-refractivity contribution is -0.0440. The number of benzene rings is 2. The van der Waals surface area contributed by atoms with E-state index in [-0.39, 0.29) is 35.5 Å². The van der Waals surface area contributed by atoms with Crippen LogP contribution in [0.3, 0.4) is 0 Å². The number of nitrogens with zero attached hydrogens (tertiary/aromatic N) is 2. The first-order valence-electron chi connectivity index (χ1n) is 11.4. The standard InChI is InChI=1S/C25H35N3O5S/c1-18-16-28(17-19(2)33-18)34(30,31)23-8-6-7-21(13-23)25(29)15-26-14-24(27(3)4)20-9-11-22(32-5)12-10-20/h6-13,18-19,24,26H,14-17H2,1-5H3. The molecular weight excluding hydrogens is 454 g/mol. The zero-order valence-corrected chi connectivity index (χ0v) is 21.3. The lowest BCUT2D eigenvalue weighted by atomic mass is 10.1. The third kappa shape index (κ3) is 6.43. The van der Waals surface area contributed by atoms with Crippen LogP contribution >= 0.6 is 0 Å². The smallest absolute Gasteiger partial charge is 0.243 e. The Morgan fingerprint density at radius 1 is 1.15 bits per heavy atom. The van der Waals surface area contributed by atoms with Gasteiger partial charge in [-0.05, 0) is 57.8 Å². The minimum absolute atomic E-state index is 0.0655. The second kappa shape index (κ2) is 11.4. The maximum atomic E-state index is 13.2. The fourth-order valence-electron chi connectivity index (χ4n) is 4.16. The maximum absolute atomic E-state index is 13.2. The van der Waals surface area contributed by atoms with Crippen LogP contribution in [0.4, 0.5) is 0 Å². The zero-order valence-electron chi connectivity index (χ0n) is 20.5. The molecule has 1 aliphatic rings. The molecule has 186 valence electrons. The van der Waals surface area contributed by atoms with Gasteiger partial charge in [0.05, 0.1) is 30.8 Å². The van der Waals surface area contributed by atoms with E-state index >= 15 is 0 Å². The molecule has 1 heterocycles. The number of nitrogens with one attached hydrogen (secondary N) is 1. The number of ketones is 1. The minimum Gasteiger partial charge on any atom is -0.497 e. The first-order valence-corrected chi connectivity index (χ1v) is 12.9. The van der Waals surface area contributed by atoms with Crippen molar-refractivity contribution in [3.05, 3.63) is 59.7 Å². The van der Waals surface area contributed by atoms with E-state index in [0.29, 0.717) is 25.2 Å². The highest BCUT2D eigenvalue weighted by Gasteiger charge is 2.32. The van der Waals surface area contributed by atoms with Crippen molar-refractivity contribution in [1.29, 1.82) is 0 Å². The first kappa shape index (κ1) is 26.3. The Kier molecular flexibility index (Phi) is 8.83. The number of sulfonamides is 1. The van der Waals surface area contributed by atoms with Gasteiger partial charge in [-0.25, -0.2) is 8.42 Å². The Morgan fingerprint density at radius 3 is 2.38 bits per heavy atom. The fraction of sp³-hybridized carbons (Fsp3) is 0.480. The van der Waals surface area contributed by atoms with E-state index in [9.17, 15) is 13.2 Å². The SMILES string of the molecule is COc1ccc(C(CNCC(=O)c2cccc(S(=O)(=O)N3CC(C)OC(C)C3)c2)N(C)C)cc1. The van der Waals surface area contributed by atoms with Crippen molar-refractivity contribution in [2.45, 2.75) is 37.0 Å². The third-order valence-electron chi connectivity index (χ3n) is 5.93. The van der Waals surface area contributed by atoms with Gasteiger partial charge in [-0.3, -0.25) is 4.79 Å². The van der Waals surface area contributed by atoms with Crippen LogP contribution in [0, 0.1) is 0 Å². The Hall–Kier alpha value is -2.30. The van der Waals surface area contributed by atoms with Gasteiger partial charge in [0.25, 0.3) is 0 Å². The molecule has 9 heteroatoms. The molecular formula is C25H35N3O5S. The molecule has 3 unspecified atom stereocenters. The summed E-state index contributed by atoms with van der Waals surface area (Å²) in [6.45, 7) is 4.98. The molecule has 1 fully saturated rings. The molecule has 0 spiro atoms. The van der Waals surface area contributed by atoms with Crippen LogP contribution in [0.1, 0.15) is 35.8 Å². The Morgan fingerprint density at radius 2 is 1.79 bits per heavy atom. The average Bonchev–Trinajstić information content (AvgIpc) is 2.81. The molecule has 34 heavy (non-hydrogen) atoms. The summed E-state index contributed by atoms with van der Waals surface area (Å²) in [6.07, 6.45) is -0.356. The second-order valence-electron chi connectivity index (χ2n) is 8.91. The number of Topliss-reactive ketones (excluding diaryl/α,β-unsaturated/α-hetero) is 1. The van der Waals surface area contributed by atoms with Crippen LogP contribution in [0.5, 0.6) is 5.75 Å². The van der Waals surface area contributed by atoms with Gasteiger partial charge in [-0.15, -0.1) is 0 Å². The molecule has 0 radical (unpaired) electrons.